The molecule has 0 aromatic rings. The van der Waals surface area contributed by atoms with Gasteiger partial charge in [0.15, 0.2) is 0 Å². The molecule has 5 nitrogen and oxygen atoms in total. The number of nitrogens with one attached hydrogen (secondary N) is 1. The number of likely N-dealkylation sites (tertiary alicyclic amines) is 1. The van der Waals surface area contributed by atoms with E-state index in [1.54, 1.807) is 6.92 Å². The standard InChI is InChI=1S/C14H24N2O3/c1-2-19-14(18)9-13(17)15-11-7-8-16(10-11)12-5-3-4-6-12/h11-12H,2-10H2,1H3,(H,15,17). The van der Waals surface area contributed by atoms with Crippen molar-refractivity contribution in [1.29, 1.82) is 0 Å². The maximum atomic E-state index is 11.7. The monoisotopic (exact) mass is 268 g/mol. The summed E-state index contributed by atoms with van der Waals surface area (Å²) < 4.78 is 4.77. The summed E-state index contributed by atoms with van der Waals surface area (Å²) in [4.78, 5) is 25.4. The molecule has 2 aliphatic rings. The van der Waals surface area contributed by atoms with Crippen molar-refractivity contribution in [2.75, 3.05) is 19.7 Å². The zero-order chi connectivity index (χ0) is 13.7. The van der Waals surface area contributed by atoms with Crippen LogP contribution in [0.25, 0.3) is 0 Å². The first-order valence-electron chi connectivity index (χ1n) is 7.38. The van der Waals surface area contributed by atoms with Gasteiger partial charge in [-0.25, -0.2) is 0 Å². The predicted molar refractivity (Wildman–Crippen MR) is 71.6 cm³/mol. The first-order chi connectivity index (χ1) is 9.19. The molecule has 1 amide bonds. The number of amides is 1. The Labute approximate surface area is 114 Å². The van der Waals surface area contributed by atoms with Gasteiger partial charge in [0.1, 0.15) is 6.42 Å². The van der Waals surface area contributed by atoms with Gasteiger partial charge in [-0.15, -0.1) is 0 Å². The SMILES string of the molecule is CCOC(=O)CC(=O)NC1CCN(C2CCCC2)C1. The fourth-order valence-electron chi connectivity index (χ4n) is 3.13. The average Bonchev–Trinajstić information content (AvgIpc) is 2.98. The fraction of sp³-hybridized carbons (Fsp3) is 0.857. The van der Waals surface area contributed by atoms with Crippen LogP contribution >= 0.6 is 0 Å². The van der Waals surface area contributed by atoms with E-state index in [-0.39, 0.29) is 18.4 Å². The maximum Gasteiger partial charge on any atom is 0.315 e. The summed E-state index contributed by atoms with van der Waals surface area (Å²) in [7, 11) is 0. The van der Waals surface area contributed by atoms with Gasteiger partial charge in [-0.3, -0.25) is 14.5 Å². The van der Waals surface area contributed by atoms with Gasteiger partial charge in [0.2, 0.25) is 5.91 Å². The van der Waals surface area contributed by atoms with Crippen molar-refractivity contribution >= 4 is 11.9 Å². The molecule has 2 fully saturated rings. The molecule has 1 N–H and O–H groups in total. The smallest absolute Gasteiger partial charge is 0.315 e. The molecule has 1 atom stereocenters. The van der Waals surface area contributed by atoms with Crippen molar-refractivity contribution < 1.29 is 14.3 Å². The van der Waals surface area contributed by atoms with Gasteiger partial charge >= 0.3 is 5.97 Å². The van der Waals surface area contributed by atoms with Crippen molar-refractivity contribution in [3.63, 3.8) is 0 Å². The lowest BCUT2D eigenvalue weighted by Gasteiger charge is -2.23. The van der Waals surface area contributed by atoms with Crippen LogP contribution in [0.5, 0.6) is 0 Å². The highest BCUT2D eigenvalue weighted by Crippen LogP contribution is 2.26. The van der Waals surface area contributed by atoms with Crippen LogP contribution in [0.2, 0.25) is 0 Å². The highest BCUT2D eigenvalue weighted by molar-refractivity contribution is 5.94. The molecule has 0 radical (unpaired) electrons. The van der Waals surface area contributed by atoms with Crippen molar-refractivity contribution in [1.82, 2.24) is 10.2 Å². The minimum atomic E-state index is -0.439. The van der Waals surface area contributed by atoms with Crippen LogP contribution in [0.3, 0.4) is 0 Å². The number of carbonyl (C=O) groups excluding carboxylic acids is 2. The van der Waals surface area contributed by atoms with Crippen molar-refractivity contribution in [2.24, 2.45) is 0 Å². The molecular weight excluding hydrogens is 244 g/mol. The van der Waals surface area contributed by atoms with Crippen molar-refractivity contribution in [3.8, 4) is 0 Å². The molecule has 0 bridgehead atoms. The van der Waals surface area contributed by atoms with Crippen LogP contribution in [0.1, 0.15) is 45.4 Å². The Kier molecular flexibility index (Phi) is 5.19. The molecule has 0 spiro atoms. The minimum absolute atomic E-state index is 0.159. The molecule has 1 saturated heterocycles. The number of esters is 1. The molecule has 2 rings (SSSR count). The minimum Gasteiger partial charge on any atom is -0.466 e. The summed E-state index contributed by atoms with van der Waals surface area (Å²) in [6, 6.07) is 0.912. The molecule has 1 aliphatic heterocycles. The van der Waals surface area contributed by atoms with Gasteiger partial charge in [-0.2, -0.15) is 0 Å². The zero-order valence-electron chi connectivity index (χ0n) is 11.7. The summed E-state index contributed by atoms with van der Waals surface area (Å²) in [5, 5.41) is 2.94. The highest BCUT2D eigenvalue weighted by atomic mass is 16.5. The molecule has 5 heteroatoms. The van der Waals surface area contributed by atoms with E-state index in [1.165, 1.54) is 25.7 Å². The van der Waals surface area contributed by atoms with E-state index < -0.39 is 5.97 Å². The van der Waals surface area contributed by atoms with Gasteiger partial charge in [-0.05, 0) is 26.2 Å². The van der Waals surface area contributed by atoms with Crippen LogP contribution in [0, 0.1) is 0 Å². The van der Waals surface area contributed by atoms with Gasteiger partial charge in [0, 0.05) is 25.2 Å². The van der Waals surface area contributed by atoms with E-state index in [1.807, 2.05) is 0 Å². The summed E-state index contributed by atoms with van der Waals surface area (Å²) in [6.45, 7) is 4.06. The highest BCUT2D eigenvalue weighted by Gasteiger charge is 2.30. The Morgan fingerprint density at radius 1 is 1.26 bits per heavy atom. The molecule has 0 aromatic carbocycles. The number of nitrogens with zero attached hydrogens (tertiary/aromatic N) is 1. The number of rotatable bonds is 5. The summed E-state index contributed by atoms with van der Waals surface area (Å²) in [5.74, 6) is -0.651. The van der Waals surface area contributed by atoms with Gasteiger partial charge < -0.3 is 10.1 Å². The first-order valence-corrected chi connectivity index (χ1v) is 7.38. The summed E-state index contributed by atoms with van der Waals surface area (Å²) in [5.41, 5.74) is 0. The average molecular weight is 268 g/mol. The molecule has 1 unspecified atom stereocenters. The normalized spacial score (nSPS) is 24.6. The van der Waals surface area contributed by atoms with Crippen LogP contribution in [-0.2, 0) is 14.3 Å². The van der Waals surface area contributed by atoms with E-state index in [9.17, 15) is 9.59 Å². The third kappa shape index (κ3) is 4.20. The second-order valence-corrected chi connectivity index (χ2v) is 5.47. The molecular formula is C14H24N2O3. The summed E-state index contributed by atoms with van der Waals surface area (Å²) >= 11 is 0. The Morgan fingerprint density at radius 2 is 2.00 bits per heavy atom. The lowest BCUT2D eigenvalue weighted by Crippen LogP contribution is -2.39. The van der Waals surface area contributed by atoms with E-state index in [2.05, 4.69) is 10.2 Å². The van der Waals surface area contributed by atoms with Crippen molar-refractivity contribution in [2.45, 2.75) is 57.5 Å². The number of hydrogen-bond acceptors (Lipinski definition) is 4. The molecule has 1 aliphatic carbocycles. The third-order valence-electron chi connectivity index (χ3n) is 4.04. The maximum absolute atomic E-state index is 11.7. The number of hydrogen-bond donors (Lipinski definition) is 1. The molecule has 1 heterocycles. The molecule has 19 heavy (non-hydrogen) atoms. The largest absolute Gasteiger partial charge is 0.466 e. The summed E-state index contributed by atoms with van der Waals surface area (Å²) in [6.07, 6.45) is 6.09. The fourth-order valence-corrected chi connectivity index (χ4v) is 3.13. The second-order valence-electron chi connectivity index (χ2n) is 5.47. The topological polar surface area (TPSA) is 58.6 Å². The Morgan fingerprint density at radius 3 is 2.68 bits per heavy atom. The molecule has 108 valence electrons. The Hall–Kier alpha value is -1.10. The van der Waals surface area contributed by atoms with E-state index in [0.717, 1.165) is 19.5 Å². The first kappa shape index (κ1) is 14.3. The quantitative estimate of drug-likeness (QED) is 0.598. The Bertz CT molecular complexity index is 327. The molecule has 0 aromatic heterocycles. The number of carbonyl (C=O) groups is 2. The Balaban J connectivity index is 1.69. The van der Waals surface area contributed by atoms with Gasteiger partial charge in [-0.1, -0.05) is 12.8 Å². The zero-order valence-corrected chi connectivity index (χ0v) is 11.7. The van der Waals surface area contributed by atoms with Crippen LogP contribution in [0.4, 0.5) is 0 Å². The van der Waals surface area contributed by atoms with Gasteiger partial charge in [0.05, 0.1) is 6.61 Å². The van der Waals surface area contributed by atoms with Gasteiger partial charge in [0.25, 0.3) is 0 Å². The van der Waals surface area contributed by atoms with E-state index in [0.29, 0.717) is 12.6 Å². The second kappa shape index (κ2) is 6.89. The van der Waals surface area contributed by atoms with Crippen LogP contribution in [0.15, 0.2) is 0 Å². The van der Waals surface area contributed by atoms with E-state index in [4.69, 9.17) is 4.74 Å². The van der Waals surface area contributed by atoms with E-state index >= 15 is 0 Å². The molecule has 1 saturated carbocycles. The predicted octanol–water partition coefficient (Wildman–Crippen LogP) is 1.07. The third-order valence-corrected chi connectivity index (χ3v) is 4.04. The van der Waals surface area contributed by atoms with Crippen LogP contribution in [-0.4, -0.2) is 48.6 Å². The number of ether oxygens (including phenoxy) is 1. The van der Waals surface area contributed by atoms with Crippen molar-refractivity contribution in [3.05, 3.63) is 0 Å². The van der Waals surface area contributed by atoms with Crippen LogP contribution < -0.4 is 5.32 Å². The lowest BCUT2D eigenvalue weighted by atomic mass is 10.2. The lowest BCUT2D eigenvalue weighted by molar-refractivity contribution is -0.146.